The topological polar surface area (TPSA) is 67.8 Å². The Hall–Kier alpha value is -0.650. The van der Waals surface area contributed by atoms with Crippen LogP contribution in [0.3, 0.4) is 0 Å². The summed E-state index contributed by atoms with van der Waals surface area (Å²) in [5.41, 5.74) is -0.203. The fourth-order valence-electron chi connectivity index (χ4n) is 5.67. The highest BCUT2D eigenvalue weighted by atomic mass is 16.7. The number of rotatable bonds is 4. The normalized spacial score (nSPS) is 37.2. The van der Waals surface area contributed by atoms with Crippen molar-refractivity contribution in [2.24, 2.45) is 23.2 Å². The van der Waals surface area contributed by atoms with Gasteiger partial charge in [-0.1, -0.05) is 6.92 Å². The molecule has 1 aliphatic heterocycles. The van der Waals surface area contributed by atoms with Crippen LogP contribution in [-0.4, -0.2) is 42.2 Å². The zero-order valence-electron chi connectivity index (χ0n) is 16.3. The molecule has 1 amide bonds. The third-order valence-electron chi connectivity index (χ3n) is 6.74. The number of hydrogen-bond donors (Lipinski definition) is 2. The van der Waals surface area contributed by atoms with Gasteiger partial charge in [-0.05, 0) is 64.2 Å². The summed E-state index contributed by atoms with van der Waals surface area (Å²) in [6.45, 7) is 9.94. The van der Waals surface area contributed by atoms with Crippen molar-refractivity contribution in [3.8, 4) is 0 Å². The fourth-order valence-corrected chi connectivity index (χ4v) is 5.67. The van der Waals surface area contributed by atoms with Crippen molar-refractivity contribution in [1.29, 1.82) is 0 Å². The highest BCUT2D eigenvalue weighted by Crippen LogP contribution is 2.62. The molecule has 1 heterocycles. The molecule has 3 aliphatic rings. The number of fused-ring (bicyclic) bond motifs is 1. The Morgan fingerprint density at radius 1 is 1.20 bits per heavy atom. The van der Waals surface area contributed by atoms with Crippen LogP contribution in [0.1, 0.15) is 66.2 Å². The van der Waals surface area contributed by atoms with Gasteiger partial charge in [-0.25, -0.2) is 0 Å². The predicted molar refractivity (Wildman–Crippen MR) is 95.9 cm³/mol. The van der Waals surface area contributed by atoms with Gasteiger partial charge in [-0.3, -0.25) is 4.79 Å². The first-order valence-electron chi connectivity index (χ1n) is 9.93. The maximum Gasteiger partial charge on any atom is 0.224 e. The summed E-state index contributed by atoms with van der Waals surface area (Å²) >= 11 is 0. The molecule has 0 bridgehead atoms. The van der Waals surface area contributed by atoms with E-state index in [2.05, 4.69) is 12.2 Å². The second-order valence-electron chi connectivity index (χ2n) is 9.46. The van der Waals surface area contributed by atoms with Crippen LogP contribution in [0.5, 0.6) is 0 Å². The molecule has 5 nitrogen and oxygen atoms in total. The third-order valence-corrected chi connectivity index (χ3v) is 6.74. The van der Waals surface area contributed by atoms with E-state index < -0.39 is 5.79 Å². The number of nitrogens with one attached hydrogen (secondary N) is 1. The molecule has 2 N–H and O–H groups in total. The van der Waals surface area contributed by atoms with Gasteiger partial charge in [0.05, 0.1) is 13.2 Å². The monoisotopic (exact) mass is 353 g/mol. The summed E-state index contributed by atoms with van der Waals surface area (Å²) in [4.78, 5) is 12.9. The molecular weight excluding hydrogens is 318 g/mol. The Balaban J connectivity index is 1.82. The van der Waals surface area contributed by atoms with Gasteiger partial charge in [0.15, 0.2) is 5.79 Å². The second kappa shape index (κ2) is 6.82. The number of aliphatic hydroxyl groups excluding tert-OH is 1. The van der Waals surface area contributed by atoms with Crippen molar-refractivity contribution < 1.29 is 19.4 Å². The Bertz CT molecular complexity index is 494. The average molecular weight is 354 g/mol. The smallest absolute Gasteiger partial charge is 0.224 e. The molecule has 0 radical (unpaired) electrons. The first-order valence-corrected chi connectivity index (χ1v) is 9.93. The van der Waals surface area contributed by atoms with Gasteiger partial charge in [0.1, 0.15) is 0 Å². The van der Waals surface area contributed by atoms with Crippen LogP contribution in [0.15, 0.2) is 0 Å². The molecule has 2 saturated carbocycles. The number of amides is 1. The Morgan fingerprint density at radius 2 is 1.88 bits per heavy atom. The van der Waals surface area contributed by atoms with E-state index in [9.17, 15) is 9.90 Å². The lowest BCUT2D eigenvalue weighted by molar-refractivity contribution is -0.247. The number of carbonyl (C=O) groups excluding carboxylic acids is 1. The highest BCUT2D eigenvalue weighted by molar-refractivity contribution is 5.80. The van der Waals surface area contributed by atoms with Gasteiger partial charge in [0.2, 0.25) is 5.91 Å². The predicted octanol–water partition coefficient (Wildman–Crippen LogP) is 2.86. The van der Waals surface area contributed by atoms with Gasteiger partial charge in [-0.2, -0.15) is 0 Å². The lowest BCUT2D eigenvalue weighted by atomic mass is 9.58. The highest BCUT2D eigenvalue weighted by Gasteiger charge is 2.62. The Kier molecular flexibility index (Phi) is 5.22. The molecule has 25 heavy (non-hydrogen) atoms. The van der Waals surface area contributed by atoms with Crippen molar-refractivity contribution in [1.82, 2.24) is 5.32 Å². The van der Waals surface area contributed by atoms with Crippen molar-refractivity contribution >= 4 is 5.91 Å². The lowest BCUT2D eigenvalue weighted by Crippen LogP contribution is -2.55. The summed E-state index contributed by atoms with van der Waals surface area (Å²) in [5, 5.41) is 12.6. The maximum absolute atomic E-state index is 12.9. The van der Waals surface area contributed by atoms with E-state index in [0.29, 0.717) is 19.1 Å². The van der Waals surface area contributed by atoms with E-state index >= 15 is 0 Å². The standard InChI is InChI=1S/C20H35NO4/c1-18(2,3)21-17(23)16-8-7-14-15(6-5-11-22)20(24-12-13-25-20)10-9-19(14,16)4/h14-16,22H,5-13H2,1-4H3,(H,21,23)/t14-,15-,16+,19-/m0/s1. The maximum atomic E-state index is 12.9. The van der Waals surface area contributed by atoms with Gasteiger partial charge >= 0.3 is 0 Å². The quantitative estimate of drug-likeness (QED) is 0.815. The first kappa shape index (κ1) is 19.1. The van der Waals surface area contributed by atoms with Crippen molar-refractivity contribution in [3.63, 3.8) is 0 Å². The van der Waals surface area contributed by atoms with Gasteiger partial charge in [0, 0.05) is 30.4 Å². The largest absolute Gasteiger partial charge is 0.396 e. The molecule has 0 aromatic carbocycles. The van der Waals surface area contributed by atoms with E-state index in [1.165, 1.54) is 0 Å². The number of aliphatic hydroxyl groups is 1. The van der Waals surface area contributed by atoms with Crippen LogP contribution in [0.2, 0.25) is 0 Å². The van der Waals surface area contributed by atoms with Crippen LogP contribution >= 0.6 is 0 Å². The number of carbonyl (C=O) groups is 1. The number of ether oxygens (including phenoxy) is 2. The molecule has 0 aromatic heterocycles. The zero-order valence-corrected chi connectivity index (χ0v) is 16.3. The van der Waals surface area contributed by atoms with Crippen LogP contribution in [0, 0.1) is 23.2 Å². The molecule has 3 rings (SSSR count). The Labute approximate surface area is 151 Å². The molecule has 1 saturated heterocycles. The van der Waals surface area contributed by atoms with Crippen LogP contribution in [0.25, 0.3) is 0 Å². The summed E-state index contributed by atoms with van der Waals surface area (Å²) in [7, 11) is 0. The van der Waals surface area contributed by atoms with Crippen molar-refractivity contribution in [2.45, 2.75) is 77.5 Å². The van der Waals surface area contributed by atoms with E-state index in [4.69, 9.17) is 9.47 Å². The SMILES string of the molecule is CC(C)(C)NC(=O)[C@H]1CC[C@H]2[C@H](CCCO)C3(CC[C@]12C)OCCO3. The van der Waals surface area contributed by atoms with Gasteiger partial charge in [-0.15, -0.1) is 0 Å². The van der Waals surface area contributed by atoms with Crippen LogP contribution in [-0.2, 0) is 14.3 Å². The van der Waals surface area contributed by atoms with E-state index in [-0.39, 0.29) is 35.3 Å². The summed E-state index contributed by atoms with van der Waals surface area (Å²) in [6, 6.07) is 0. The Morgan fingerprint density at radius 3 is 2.48 bits per heavy atom. The average Bonchev–Trinajstić information content (AvgIpc) is 3.11. The molecule has 3 fully saturated rings. The van der Waals surface area contributed by atoms with E-state index in [0.717, 1.165) is 38.5 Å². The zero-order chi connectivity index (χ0) is 18.3. The number of hydrogen-bond acceptors (Lipinski definition) is 4. The molecule has 4 atom stereocenters. The minimum atomic E-state index is -0.477. The van der Waals surface area contributed by atoms with Crippen LogP contribution in [0.4, 0.5) is 0 Å². The minimum Gasteiger partial charge on any atom is -0.396 e. The molecule has 144 valence electrons. The molecule has 2 aliphatic carbocycles. The van der Waals surface area contributed by atoms with E-state index in [1.54, 1.807) is 0 Å². The fraction of sp³-hybridized carbons (Fsp3) is 0.950. The van der Waals surface area contributed by atoms with Gasteiger partial charge in [0.25, 0.3) is 0 Å². The molecule has 0 aromatic rings. The molecule has 1 spiro atoms. The summed E-state index contributed by atoms with van der Waals surface area (Å²) < 4.78 is 12.2. The third kappa shape index (κ3) is 3.47. The summed E-state index contributed by atoms with van der Waals surface area (Å²) in [5.74, 6) is 0.471. The molecule has 0 unspecified atom stereocenters. The van der Waals surface area contributed by atoms with Crippen LogP contribution < -0.4 is 5.32 Å². The van der Waals surface area contributed by atoms with Crippen molar-refractivity contribution in [3.05, 3.63) is 0 Å². The second-order valence-corrected chi connectivity index (χ2v) is 9.46. The summed E-state index contributed by atoms with van der Waals surface area (Å²) in [6.07, 6.45) is 5.48. The van der Waals surface area contributed by atoms with Gasteiger partial charge < -0.3 is 19.9 Å². The lowest BCUT2D eigenvalue weighted by Gasteiger charge is -2.52. The first-order chi connectivity index (χ1) is 11.7. The minimum absolute atomic E-state index is 0.00395. The molecule has 5 heteroatoms. The van der Waals surface area contributed by atoms with Crippen molar-refractivity contribution in [2.75, 3.05) is 19.8 Å². The van der Waals surface area contributed by atoms with E-state index in [1.807, 2.05) is 20.8 Å². The molecular formula is C20H35NO4.